The first-order chi connectivity index (χ1) is 9.88. The van der Waals surface area contributed by atoms with Crippen LogP contribution in [0, 0.1) is 10.1 Å². The van der Waals surface area contributed by atoms with Crippen molar-refractivity contribution in [1.29, 1.82) is 0 Å². The Bertz CT molecular complexity index is 681. The van der Waals surface area contributed by atoms with Gasteiger partial charge in [0.25, 0.3) is 0 Å². The van der Waals surface area contributed by atoms with Gasteiger partial charge in [-0.15, -0.1) is 0 Å². The molecule has 7 nitrogen and oxygen atoms in total. The van der Waals surface area contributed by atoms with E-state index >= 15 is 0 Å². The second-order valence-electron chi connectivity index (χ2n) is 4.56. The highest BCUT2D eigenvalue weighted by Gasteiger charge is 2.18. The van der Waals surface area contributed by atoms with E-state index in [1.54, 1.807) is 31.2 Å². The third-order valence-electron chi connectivity index (χ3n) is 3.07. The van der Waals surface area contributed by atoms with Gasteiger partial charge in [-0.05, 0) is 38.9 Å². The van der Waals surface area contributed by atoms with Crippen LogP contribution in [0.3, 0.4) is 0 Å². The van der Waals surface area contributed by atoms with E-state index in [0.717, 1.165) is 5.56 Å². The van der Waals surface area contributed by atoms with Crippen molar-refractivity contribution in [3.05, 3.63) is 56.2 Å². The smallest absolute Gasteiger partial charge is 0.404 e. The average molecular weight is 354 g/mol. The molecule has 1 aromatic carbocycles. The lowest BCUT2D eigenvalue weighted by Crippen LogP contribution is -2.07. The molecule has 110 valence electrons. The van der Waals surface area contributed by atoms with Gasteiger partial charge >= 0.3 is 11.8 Å². The first-order valence-electron chi connectivity index (χ1n) is 6.07. The summed E-state index contributed by atoms with van der Waals surface area (Å²) in [5, 5.41) is 23.5. The summed E-state index contributed by atoms with van der Waals surface area (Å²) >= 11 is 3.09. The lowest BCUT2D eigenvalue weighted by Gasteiger charge is -2.07. The van der Waals surface area contributed by atoms with Crippen LogP contribution >= 0.6 is 15.9 Å². The van der Waals surface area contributed by atoms with Crippen LogP contribution in [0.5, 0.6) is 0 Å². The molecule has 0 spiro atoms. The number of nitrogens with zero attached hydrogens (tertiary/aromatic N) is 3. The molecule has 0 amide bonds. The summed E-state index contributed by atoms with van der Waals surface area (Å²) in [7, 11) is 0. The van der Waals surface area contributed by atoms with Gasteiger partial charge in [-0.2, -0.15) is 4.68 Å². The predicted octanol–water partition coefficient (Wildman–Crippen LogP) is 2.79. The molecule has 21 heavy (non-hydrogen) atoms. The van der Waals surface area contributed by atoms with E-state index in [1.807, 2.05) is 0 Å². The molecule has 0 radical (unpaired) electrons. The number of halogens is 1. The SMILES string of the molecule is CC(C(=O)O)c1ccc(Cn2cc(Br)c([N+](=O)[O-])n2)cc1. The molecule has 2 rings (SSSR count). The van der Waals surface area contributed by atoms with Crippen molar-refractivity contribution in [2.24, 2.45) is 0 Å². The van der Waals surface area contributed by atoms with Gasteiger partial charge in [0.1, 0.15) is 4.47 Å². The Labute approximate surface area is 128 Å². The number of nitro groups is 1. The van der Waals surface area contributed by atoms with Crippen LogP contribution in [0.4, 0.5) is 5.82 Å². The Kier molecular flexibility index (Phi) is 4.37. The van der Waals surface area contributed by atoms with Gasteiger partial charge in [-0.3, -0.25) is 4.79 Å². The van der Waals surface area contributed by atoms with Crippen LogP contribution in [0.2, 0.25) is 0 Å². The normalized spacial score (nSPS) is 12.1. The van der Waals surface area contributed by atoms with Gasteiger partial charge in [0.2, 0.25) is 0 Å². The molecule has 1 unspecified atom stereocenters. The molecule has 1 N–H and O–H groups in total. The van der Waals surface area contributed by atoms with E-state index in [9.17, 15) is 14.9 Å². The monoisotopic (exact) mass is 353 g/mol. The van der Waals surface area contributed by atoms with Crippen molar-refractivity contribution in [3.63, 3.8) is 0 Å². The minimum absolute atomic E-state index is 0.230. The lowest BCUT2D eigenvalue weighted by molar-refractivity contribution is -0.390. The second kappa shape index (κ2) is 6.04. The quantitative estimate of drug-likeness (QED) is 0.658. The largest absolute Gasteiger partial charge is 0.481 e. The van der Waals surface area contributed by atoms with Crippen LogP contribution in [-0.2, 0) is 11.3 Å². The zero-order valence-electron chi connectivity index (χ0n) is 11.1. The number of benzene rings is 1. The first kappa shape index (κ1) is 15.2. The van der Waals surface area contributed by atoms with E-state index in [0.29, 0.717) is 16.6 Å². The summed E-state index contributed by atoms with van der Waals surface area (Å²) in [5.41, 5.74) is 1.58. The number of hydrogen-bond acceptors (Lipinski definition) is 4. The van der Waals surface area contributed by atoms with E-state index < -0.39 is 16.8 Å². The predicted molar refractivity (Wildman–Crippen MR) is 78.2 cm³/mol. The number of rotatable bonds is 5. The third kappa shape index (κ3) is 3.46. The summed E-state index contributed by atoms with van der Waals surface area (Å²) in [4.78, 5) is 21.1. The topological polar surface area (TPSA) is 98.3 Å². The number of aromatic nitrogens is 2. The van der Waals surface area contributed by atoms with Gasteiger partial charge in [0.15, 0.2) is 0 Å². The van der Waals surface area contributed by atoms with E-state index in [2.05, 4.69) is 21.0 Å². The van der Waals surface area contributed by atoms with Crippen molar-refractivity contribution < 1.29 is 14.8 Å². The Morgan fingerprint density at radius 1 is 1.48 bits per heavy atom. The Morgan fingerprint density at radius 3 is 2.57 bits per heavy atom. The molecule has 0 aliphatic rings. The summed E-state index contributed by atoms with van der Waals surface area (Å²) in [5.74, 6) is -1.68. The summed E-state index contributed by atoms with van der Waals surface area (Å²) in [6, 6.07) is 7.05. The van der Waals surface area contributed by atoms with Crippen LogP contribution in [0.15, 0.2) is 34.9 Å². The van der Waals surface area contributed by atoms with Crippen molar-refractivity contribution in [2.75, 3.05) is 0 Å². The molecule has 0 fully saturated rings. The van der Waals surface area contributed by atoms with Gasteiger partial charge in [-0.1, -0.05) is 24.3 Å². The third-order valence-corrected chi connectivity index (χ3v) is 3.63. The van der Waals surface area contributed by atoms with E-state index in [-0.39, 0.29) is 5.82 Å². The molecular weight excluding hydrogens is 342 g/mol. The van der Waals surface area contributed by atoms with Crippen LogP contribution in [0.1, 0.15) is 24.0 Å². The highest BCUT2D eigenvalue weighted by atomic mass is 79.9. The van der Waals surface area contributed by atoms with Crippen LogP contribution in [-0.4, -0.2) is 25.8 Å². The molecule has 2 aromatic rings. The maximum atomic E-state index is 10.9. The Hall–Kier alpha value is -2.22. The Morgan fingerprint density at radius 2 is 2.10 bits per heavy atom. The molecule has 0 aliphatic carbocycles. The number of carboxylic acids is 1. The van der Waals surface area contributed by atoms with Crippen molar-refractivity contribution >= 4 is 27.7 Å². The summed E-state index contributed by atoms with van der Waals surface area (Å²) < 4.78 is 1.78. The first-order valence-corrected chi connectivity index (χ1v) is 6.86. The van der Waals surface area contributed by atoms with E-state index in [4.69, 9.17) is 5.11 Å². The van der Waals surface area contributed by atoms with Crippen molar-refractivity contribution in [3.8, 4) is 0 Å². The molecule has 0 bridgehead atoms. The van der Waals surface area contributed by atoms with Gasteiger partial charge < -0.3 is 15.2 Å². The standard InChI is InChI=1S/C13H12BrN3O4/c1-8(13(18)19)10-4-2-9(3-5-10)6-16-7-11(14)12(15-16)17(20)21/h2-5,7-8H,6H2,1H3,(H,18,19). The van der Waals surface area contributed by atoms with Gasteiger partial charge in [-0.25, -0.2) is 0 Å². The summed E-state index contributed by atoms with van der Waals surface area (Å²) in [6.07, 6.45) is 1.53. The van der Waals surface area contributed by atoms with Gasteiger partial charge in [0.05, 0.1) is 23.8 Å². The molecule has 1 atom stereocenters. The van der Waals surface area contributed by atoms with Gasteiger partial charge in [0, 0.05) is 0 Å². The highest BCUT2D eigenvalue weighted by Crippen LogP contribution is 2.23. The molecular formula is C13H12BrN3O4. The minimum atomic E-state index is -0.880. The molecule has 1 aromatic heterocycles. The second-order valence-corrected chi connectivity index (χ2v) is 5.41. The zero-order chi connectivity index (χ0) is 15.6. The molecule has 0 saturated heterocycles. The fourth-order valence-corrected chi connectivity index (χ4v) is 2.29. The molecule has 0 aliphatic heterocycles. The number of aliphatic carboxylic acids is 1. The van der Waals surface area contributed by atoms with Crippen molar-refractivity contribution in [2.45, 2.75) is 19.4 Å². The average Bonchev–Trinajstić information content (AvgIpc) is 2.79. The highest BCUT2D eigenvalue weighted by molar-refractivity contribution is 9.10. The maximum absolute atomic E-state index is 10.9. The summed E-state index contributed by atoms with van der Waals surface area (Å²) in [6.45, 7) is 1.99. The fourth-order valence-electron chi connectivity index (χ4n) is 1.83. The van der Waals surface area contributed by atoms with E-state index in [1.165, 1.54) is 10.9 Å². The number of carboxylic acid groups (broad SMARTS) is 1. The lowest BCUT2D eigenvalue weighted by atomic mass is 10.0. The molecule has 0 saturated carbocycles. The minimum Gasteiger partial charge on any atom is -0.481 e. The Balaban J connectivity index is 2.15. The van der Waals surface area contributed by atoms with Crippen LogP contribution < -0.4 is 0 Å². The molecule has 8 heteroatoms. The molecule has 1 heterocycles. The van der Waals surface area contributed by atoms with Crippen LogP contribution in [0.25, 0.3) is 0 Å². The fraction of sp³-hybridized carbons (Fsp3) is 0.231. The number of hydrogen-bond donors (Lipinski definition) is 1. The maximum Gasteiger partial charge on any atom is 0.404 e. The zero-order valence-corrected chi connectivity index (χ0v) is 12.6. The van der Waals surface area contributed by atoms with Crippen molar-refractivity contribution in [1.82, 2.24) is 9.78 Å². The number of carbonyl (C=O) groups is 1.